The minimum atomic E-state index is -1.70. The van der Waals surface area contributed by atoms with Gasteiger partial charge in [-0.25, -0.2) is 0 Å². The highest BCUT2D eigenvalue weighted by molar-refractivity contribution is 6.54. The van der Waals surface area contributed by atoms with Gasteiger partial charge in [-0.3, -0.25) is 4.79 Å². The Balaban J connectivity index is 1.48. The van der Waals surface area contributed by atoms with Gasteiger partial charge in [-0.15, -0.1) is 46.4 Å². The Bertz CT molecular complexity index is 1070. The number of halogens is 8. The standard InChI is InChI=1S/C21H14Cl8O5/c22-12-14(24)18(28)9-7(16(12,26)20(18)31-3-4-32-20)1-2-8-10(11(9)30)19(29)15(25)13(23)17(8,27)21(19)33-5-6-34-21/h1-2,7-10H,3-6H2/t7-,8+,9+,10-,16+,17-,18-,19-/m0/s1. The Kier molecular flexibility index (Phi) is 4.81. The quantitative estimate of drug-likeness (QED) is 0.265. The number of allylic oxidation sites excluding steroid dienone is 2. The van der Waals surface area contributed by atoms with E-state index in [0.29, 0.717) is 0 Å². The summed E-state index contributed by atoms with van der Waals surface area (Å²) in [5.74, 6) is -7.20. The summed E-state index contributed by atoms with van der Waals surface area (Å²) in [7, 11) is 0. The van der Waals surface area contributed by atoms with E-state index in [9.17, 15) is 4.79 Å². The van der Waals surface area contributed by atoms with Gasteiger partial charge in [0, 0.05) is 11.8 Å². The Hall–Kier alpha value is 1.05. The zero-order chi connectivity index (χ0) is 24.3. The highest BCUT2D eigenvalue weighted by Crippen LogP contribution is 2.80. The van der Waals surface area contributed by atoms with Gasteiger partial charge >= 0.3 is 0 Å². The molecule has 7 rings (SSSR count). The number of Topliss-reactive ketones (excluding diaryl/α,β-unsaturated/α-hetero) is 1. The number of fused-ring (bicyclic) bond motifs is 6. The first-order chi connectivity index (χ1) is 15.9. The normalized spacial score (nSPS) is 53.6. The maximum Gasteiger partial charge on any atom is 0.219 e. The minimum absolute atomic E-state index is 0.00398. The largest absolute Gasteiger partial charge is 0.344 e. The summed E-state index contributed by atoms with van der Waals surface area (Å²) in [6.07, 6.45) is 3.52. The van der Waals surface area contributed by atoms with Gasteiger partial charge in [0.25, 0.3) is 0 Å². The van der Waals surface area contributed by atoms with Crippen molar-refractivity contribution in [2.24, 2.45) is 23.7 Å². The van der Waals surface area contributed by atoms with Crippen molar-refractivity contribution in [1.29, 1.82) is 0 Å². The Labute approximate surface area is 234 Å². The third kappa shape index (κ3) is 1.95. The van der Waals surface area contributed by atoms with Gasteiger partial charge in [-0.05, 0) is 0 Å². The molecule has 8 atom stereocenters. The summed E-state index contributed by atoms with van der Waals surface area (Å²) < 4.78 is 24.1. The van der Waals surface area contributed by atoms with Crippen molar-refractivity contribution in [3.63, 3.8) is 0 Å². The van der Waals surface area contributed by atoms with Crippen molar-refractivity contribution in [2.75, 3.05) is 26.4 Å². The Morgan fingerprint density at radius 2 is 0.882 bits per heavy atom. The summed E-state index contributed by atoms with van der Waals surface area (Å²) in [5, 5.41) is 0.167. The maximum atomic E-state index is 14.6. The first kappa shape index (κ1) is 24.1. The molecule has 34 heavy (non-hydrogen) atoms. The SMILES string of the molecule is O=C1[C@@H]2[C@@H](C=C[C@H]3[C@H]1[C@]1(Cl)C(Cl)=C(Cl)[C@@]3(Cl)C13OCCO3)[C@]1(Cl)C(Cl)=C(Cl)[C@]2(Cl)C12OCCO2. The van der Waals surface area contributed by atoms with Crippen molar-refractivity contribution in [3.05, 3.63) is 32.3 Å². The summed E-state index contributed by atoms with van der Waals surface area (Å²) >= 11 is 55.6. The highest BCUT2D eigenvalue weighted by atomic mass is 35.5. The molecule has 0 radical (unpaired) electrons. The van der Waals surface area contributed by atoms with Crippen molar-refractivity contribution in [3.8, 4) is 0 Å². The molecule has 5 nitrogen and oxygen atoms in total. The summed E-state index contributed by atoms with van der Waals surface area (Å²) in [6, 6.07) is 0. The molecular weight excluding hydrogens is 616 g/mol. The second-order valence-electron chi connectivity index (χ2n) is 9.52. The second kappa shape index (κ2) is 6.78. The fourth-order valence-electron chi connectivity index (χ4n) is 7.45. The van der Waals surface area contributed by atoms with Crippen LogP contribution in [0.1, 0.15) is 0 Å². The lowest BCUT2D eigenvalue weighted by molar-refractivity contribution is -0.176. The third-order valence-electron chi connectivity index (χ3n) is 8.60. The minimum Gasteiger partial charge on any atom is -0.344 e. The van der Waals surface area contributed by atoms with Crippen LogP contribution >= 0.6 is 92.8 Å². The van der Waals surface area contributed by atoms with Crippen LogP contribution in [0.5, 0.6) is 0 Å². The van der Waals surface area contributed by atoms with E-state index >= 15 is 0 Å². The van der Waals surface area contributed by atoms with Gasteiger partial charge in [-0.1, -0.05) is 58.6 Å². The predicted octanol–water partition coefficient (Wildman–Crippen LogP) is 5.42. The van der Waals surface area contributed by atoms with Gasteiger partial charge in [0.2, 0.25) is 11.6 Å². The monoisotopic (exact) mass is 626 g/mol. The molecule has 4 bridgehead atoms. The lowest BCUT2D eigenvalue weighted by Gasteiger charge is -2.41. The molecule has 0 aromatic rings. The molecule has 0 unspecified atom stereocenters. The molecule has 4 fully saturated rings. The van der Waals surface area contributed by atoms with Crippen molar-refractivity contribution in [1.82, 2.24) is 0 Å². The van der Waals surface area contributed by atoms with E-state index in [-0.39, 0.29) is 52.3 Å². The van der Waals surface area contributed by atoms with E-state index in [1.54, 1.807) is 12.2 Å². The highest BCUT2D eigenvalue weighted by Gasteiger charge is 2.91. The van der Waals surface area contributed by atoms with Crippen LogP contribution in [0.25, 0.3) is 0 Å². The topological polar surface area (TPSA) is 54.0 Å². The number of hydrogen-bond acceptors (Lipinski definition) is 5. The molecule has 2 saturated carbocycles. The van der Waals surface area contributed by atoms with Gasteiger partial charge in [0.05, 0.1) is 58.4 Å². The summed E-state index contributed by atoms with van der Waals surface area (Å²) in [5.41, 5.74) is 0. The van der Waals surface area contributed by atoms with Crippen LogP contribution in [-0.4, -0.2) is 63.3 Å². The fraction of sp³-hybridized carbons (Fsp3) is 0.667. The van der Waals surface area contributed by atoms with Crippen LogP contribution in [-0.2, 0) is 23.7 Å². The molecule has 2 spiro atoms. The van der Waals surface area contributed by atoms with Gasteiger partial charge in [-0.2, -0.15) is 0 Å². The fourth-order valence-corrected chi connectivity index (χ4v) is 11.6. The molecule has 2 saturated heterocycles. The van der Waals surface area contributed by atoms with E-state index in [1.807, 2.05) is 0 Å². The van der Waals surface area contributed by atoms with Gasteiger partial charge in [0.15, 0.2) is 0 Å². The zero-order valence-electron chi connectivity index (χ0n) is 16.9. The molecular formula is C21H14Cl8O5. The molecule has 0 amide bonds. The number of carbonyl (C=O) groups excluding carboxylic acids is 1. The molecule has 184 valence electrons. The number of ketones is 1. The molecule has 0 aromatic carbocycles. The first-order valence-corrected chi connectivity index (χ1v) is 13.6. The first-order valence-electron chi connectivity index (χ1n) is 10.6. The van der Waals surface area contributed by atoms with E-state index < -0.39 is 54.7 Å². The molecule has 2 heterocycles. The van der Waals surface area contributed by atoms with Crippen LogP contribution in [0.4, 0.5) is 0 Å². The van der Waals surface area contributed by atoms with Crippen molar-refractivity contribution < 1.29 is 23.7 Å². The van der Waals surface area contributed by atoms with E-state index in [1.165, 1.54) is 0 Å². The van der Waals surface area contributed by atoms with Crippen LogP contribution in [0, 0.1) is 23.7 Å². The second-order valence-corrected chi connectivity index (χ2v) is 13.4. The van der Waals surface area contributed by atoms with E-state index in [4.69, 9.17) is 112 Å². The molecule has 0 N–H and O–H groups in total. The van der Waals surface area contributed by atoms with Gasteiger partial charge in [0.1, 0.15) is 25.3 Å². The zero-order valence-corrected chi connectivity index (χ0v) is 22.9. The molecule has 13 heteroatoms. The van der Waals surface area contributed by atoms with Crippen LogP contribution in [0.2, 0.25) is 0 Å². The van der Waals surface area contributed by atoms with Crippen molar-refractivity contribution >= 4 is 98.6 Å². The molecule has 0 aromatic heterocycles. The number of hydrogen-bond donors (Lipinski definition) is 0. The number of ether oxygens (including phenoxy) is 4. The lowest BCUT2D eigenvalue weighted by Crippen LogP contribution is -2.58. The lowest BCUT2D eigenvalue weighted by atomic mass is 9.72. The van der Waals surface area contributed by atoms with Crippen molar-refractivity contribution in [2.45, 2.75) is 31.1 Å². The average molecular weight is 630 g/mol. The average Bonchev–Trinajstić information content (AvgIpc) is 3.58. The molecule has 5 aliphatic carbocycles. The Morgan fingerprint density at radius 1 is 0.588 bits per heavy atom. The van der Waals surface area contributed by atoms with E-state index in [0.717, 1.165) is 0 Å². The van der Waals surface area contributed by atoms with Crippen LogP contribution in [0.3, 0.4) is 0 Å². The maximum absolute atomic E-state index is 14.6. The molecule has 2 aliphatic heterocycles. The van der Waals surface area contributed by atoms with Gasteiger partial charge < -0.3 is 18.9 Å². The predicted molar refractivity (Wildman–Crippen MR) is 129 cm³/mol. The smallest absolute Gasteiger partial charge is 0.219 e. The molecule has 7 aliphatic rings. The number of carbonyl (C=O) groups is 1. The Morgan fingerprint density at radius 3 is 1.21 bits per heavy atom. The van der Waals surface area contributed by atoms with E-state index in [2.05, 4.69) is 0 Å². The third-order valence-corrected chi connectivity index (χ3v) is 13.9. The number of alkyl halides is 4. The summed E-state index contributed by atoms with van der Waals surface area (Å²) in [6.45, 7) is 0.833. The van der Waals surface area contributed by atoms with Crippen LogP contribution in [0.15, 0.2) is 32.3 Å². The number of rotatable bonds is 0. The van der Waals surface area contributed by atoms with Crippen LogP contribution < -0.4 is 0 Å². The summed E-state index contributed by atoms with van der Waals surface area (Å²) in [4.78, 5) is 8.07.